The van der Waals surface area contributed by atoms with Crippen molar-refractivity contribution in [3.63, 3.8) is 0 Å². The Morgan fingerprint density at radius 1 is 1.22 bits per heavy atom. The molecule has 0 spiro atoms. The summed E-state index contributed by atoms with van der Waals surface area (Å²) in [6.07, 6.45) is -2.21. The van der Waals surface area contributed by atoms with E-state index in [4.69, 9.17) is 5.21 Å². The van der Waals surface area contributed by atoms with Crippen LogP contribution in [0, 0.1) is 5.92 Å². The number of hydrogen-bond acceptors (Lipinski definition) is 3. The number of hydroxylamine groups is 2. The lowest BCUT2D eigenvalue weighted by molar-refractivity contribution is -0.136. The number of benzene rings is 1. The number of fused-ring (bicyclic) bond motifs is 1. The van der Waals surface area contributed by atoms with Gasteiger partial charge in [0.25, 0.3) is 0 Å². The number of aromatic amines is 1. The van der Waals surface area contributed by atoms with E-state index in [0.717, 1.165) is 31.8 Å². The smallest absolute Gasteiger partial charge is 0.322 e. The first-order chi connectivity index (χ1) is 10.8. The highest BCUT2D eigenvalue weighted by molar-refractivity contribution is 5.82. The van der Waals surface area contributed by atoms with Crippen LogP contribution in [-0.2, 0) is 6.18 Å². The minimum Gasteiger partial charge on any atom is -0.322 e. The number of H-pyrrole nitrogens is 1. The van der Waals surface area contributed by atoms with E-state index in [2.05, 4.69) is 11.9 Å². The Morgan fingerprint density at radius 2 is 1.83 bits per heavy atom. The van der Waals surface area contributed by atoms with Gasteiger partial charge in [0.1, 0.15) is 0 Å². The predicted octanol–water partition coefficient (Wildman–Crippen LogP) is 3.65. The molecule has 0 radical (unpaired) electrons. The Balaban J connectivity index is 0.000000203. The summed E-state index contributed by atoms with van der Waals surface area (Å²) in [4.78, 5) is 13.3. The van der Waals surface area contributed by atoms with E-state index in [9.17, 15) is 18.0 Å². The third-order valence-corrected chi connectivity index (χ3v) is 3.82. The molecular weight excluding hydrogens is 309 g/mol. The van der Waals surface area contributed by atoms with Crippen LogP contribution in [-0.4, -0.2) is 28.3 Å². The van der Waals surface area contributed by atoms with Gasteiger partial charge in [0, 0.05) is 30.1 Å². The van der Waals surface area contributed by atoms with Crippen molar-refractivity contribution in [1.29, 1.82) is 0 Å². The molecule has 3 rings (SSSR count). The van der Waals surface area contributed by atoms with E-state index >= 15 is 0 Å². The van der Waals surface area contributed by atoms with Crippen molar-refractivity contribution in [1.82, 2.24) is 10.0 Å². The molecule has 4 nitrogen and oxygen atoms in total. The fraction of sp³-hybridized carbons (Fsp3) is 0.438. The Morgan fingerprint density at radius 3 is 2.39 bits per heavy atom. The van der Waals surface area contributed by atoms with E-state index < -0.39 is 17.3 Å². The predicted molar refractivity (Wildman–Crippen MR) is 81.3 cm³/mol. The maximum Gasteiger partial charge on any atom is 0.417 e. The number of nitrogens with one attached hydrogen (secondary N) is 1. The second kappa shape index (κ2) is 7.14. The van der Waals surface area contributed by atoms with Gasteiger partial charge in [-0.25, -0.2) is 0 Å². The minimum absolute atomic E-state index is 0.00426. The van der Waals surface area contributed by atoms with Gasteiger partial charge < -0.3 is 10.2 Å². The van der Waals surface area contributed by atoms with Crippen LogP contribution >= 0.6 is 0 Å². The molecule has 2 N–H and O–H groups in total. The van der Waals surface area contributed by atoms with E-state index in [0.29, 0.717) is 6.07 Å². The fourth-order valence-electron chi connectivity index (χ4n) is 2.43. The largest absolute Gasteiger partial charge is 0.417 e. The monoisotopic (exact) mass is 328 g/mol. The van der Waals surface area contributed by atoms with Crippen molar-refractivity contribution in [2.45, 2.75) is 25.9 Å². The van der Waals surface area contributed by atoms with Gasteiger partial charge in [0.05, 0.1) is 5.56 Å². The maximum atomic E-state index is 12.5. The fourth-order valence-corrected chi connectivity index (χ4v) is 2.43. The molecule has 0 aliphatic carbocycles. The second-order valence-corrected chi connectivity index (χ2v) is 5.73. The third kappa shape index (κ3) is 4.80. The van der Waals surface area contributed by atoms with Crippen LogP contribution in [0.25, 0.3) is 10.9 Å². The van der Waals surface area contributed by atoms with Gasteiger partial charge in [0.2, 0.25) is 5.56 Å². The average molecular weight is 328 g/mol. The van der Waals surface area contributed by atoms with Gasteiger partial charge >= 0.3 is 6.18 Å². The van der Waals surface area contributed by atoms with E-state index in [1.54, 1.807) is 6.07 Å². The number of halogens is 3. The molecule has 126 valence electrons. The quantitative estimate of drug-likeness (QED) is 0.776. The number of alkyl halides is 3. The zero-order valence-electron chi connectivity index (χ0n) is 12.7. The van der Waals surface area contributed by atoms with Crippen LogP contribution in [0.4, 0.5) is 13.2 Å². The van der Waals surface area contributed by atoms with Crippen LogP contribution in [0.1, 0.15) is 25.3 Å². The molecule has 0 amide bonds. The molecule has 0 saturated carbocycles. The Bertz CT molecular complexity index is 694. The molecule has 1 aromatic carbocycles. The summed E-state index contributed by atoms with van der Waals surface area (Å²) >= 11 is 0. The minimum atomic E-state index is -4.51. The summed E-state index contributed by atoms with van der Waals surface area (Å²) in [5, 5.41) is 10.3. The molecule has 0 atom stereocenters. The lowest BCUT2D eigenvalue weighted by Crippen LogP contribution is -2.29. The van der Waals surface area contributed by atoms with E-state index in [1.807, 2.05) is 0 Å². The highest BCUT2D eigenvalue weighted by atomic mass is 19.4. The zero-order chi connectivity index (χ0) is 17.0. The van der Waals surface area contributed by atoms with Crippen LogP contribution < -0.4 is 5.56 Å². The van der Waals surface area contributed by atoms with Gasteiger partial charge in [-0.3, -0.25) is 4.79 Å². The topological polar surface area (TPSA) is 56.3 Å². The highest BCUT2D eigenvalue weighted by Gasteiger charge is 2.33. The lowest BCUT2D eigenvalue weighted by atomic mass is 10.0. The van der Waals surface area contributed by atoms with Gasteiger partial charge in [-0.05, 0) is 24.8 Å². The molecule has 1 fully saturated rings. The molecule has 2 heterocycles. The number of para-hydroxylation sites is 1. The standard InChI is InChI=1S/C10H6F3NO.C6H13NO/c11-10(12,13)7-5-9(15)14-8-4-2-1-3-6(7)8;1-6-2-4-7(8)5-3-6/h1-5H,(H,14,15);6,8H,2-5H2,1H3. The molecule has 0 bridgehead atoms. The Labute approximate surface area is 131 Å². The lowest BCUT2D eigenvalue weighted by Gasteiger charge is -2.24. The van der Waals surface area contributed by atoms with Gasteiger partial charge in [0.15, 0.2) is 0 Å². The van der Waals surface area contributed by atoms with Gasteiger partial charge in [-0.15, -0.1) is 0 Å². The molecule has 1 aromatic heterocycles. The van der Waals surface area contributed by atoms with Crippen LogP contribution in [0.2, 0.25) is 0 Å². The van der Waals surface area contributed by atoms with Gasteiger partial charge in [-0.1, -0.05) is 25.1 Å². The molecule has 2 aromatic rings. The summed E-state index contributed by atoms with van der Waals surface area (Å²) in [5.41, 5.74) is -1.46. The highest BCUT2D eigenvalue weighted by Crippen LogP contribution is 2.32. The zero-order valence-corrected chi connectivity index (χ0v) is 12.7. The van der Waals surface area contributed by atoms with Crippen molar-refractivity contribution < 1.29 is 18.4 Å². The molecule has 1 aliphatic rings. The number of piperidine rings is 1. The number of aromatic nitrogens is 1. The molecule has 7 heteroatoms. The first-order valence-corrected chi connectivity index (χ1v) is 7.40. The average Bonchev–Trinajstić information content (AvgIpc) is 2.49. The van der Waals surface area contributed by atoms with Crippen molar-refractivity contribution in [2.24, 2.45) is 5.92 Å². The summed E-state index contributed by atoms with van der Waals surface area (Å²) in [6, 6.07) is 6.40. The molecular formula is C16H19F3N2O2. The molecule has 1 saturated heterocycles. The van der Waals surface area contributed by atoms with Crippen molar-refractivity contribution in [3.8, 4) is 0 Å². The van der Waals surface area contributed by atoms with Crippen molar-refractivity contribution >= 4 is 10.9 Å². The molecule has 1 aliphatic heterocycles. The van der Waals surface area contributed by atoms with Gasteiger partial charge in [-0.2, -0.15) is 18.2 Å². The van der Waals surface area contributed by atoms with E-state index in [-0.39, 0.29) is 10.9 Å². The summed E-state index contributed by atoms with van der Waals surface area (Å²) in [7, 11) is 0. The number of hydrogen-bond donors (Lipinski definition) is 2. The Hall–Kier alpha value is -1.86. The van der Waals surface area contributed by atoms with Crippen molar-refractivity contribution in [3.05, 3.63) is 46.2 Å². The molecule has 23 heavy (non-hydrogen) atoms. The maximum absolute atomic E-state index is 12.5. The first-order valence-electron chi connectivity index (χ1n) is 7.40. The Kier molecular flexibility index (Phi) is 5.43. The van der Waals surface area contributed by atoms with Crippen molar-refractivity contribution in [2.75, 3.05) is 13.1 Å². The SMILES string of the molecule is CC1CCN(O)CC1.O=c1cc(C(F)(F)F)c2ccccc2[nH]1. The van der Waals surface area contributed by atoms with Crippen LogP contribution in [0.3, 0.4) is 0 Å². The van der Waals surface area contributed by atoms with Crippen LogP contribution in [0.5, 0.6) is 0 Å². The first kappa shape index (κ1) is 17.5. The second-order valence-electron chi connectivity index (χ2n) is 5.73. The summed E-state index contributed by atoms with van der Waals surface area (Å²) in [6.45, 7) is 3.95. The number of rotatable bonds is 0. The summed E-state index contributed by atoms with van der Waals surface area (Å²) < 4.78 is 37.6. The normalized spacial score (nSPS) is 16.9. The summed E-state index contributed by atoms with van der Waals surface area (Å²) in [5.74, 6) is 0.818. The number of nitrogens with zero attached hydrogens (tertiary/aromatic N) is 1. The molecule has 0 unspecified atom stereocenters. The number of pyridine rings is 1. The van der Waals surface area contributed by atoms with E-state index in [1.165, 1.54) is 23.3 Å². The van der Waals surface area contributed by atoms with Crippen LogP contribution in [0.15, 0.2) is 35.1 Å². The third-order valence-electron chi connectivity index (χ3n) is 3.82.